The molecule has 8 heteroatoms. The summed E-state index contributed by atoms with van der Waals surface area (Å²) in [5, 5.41) is 16.5. The average molecular weight is 1160 g/mol. The number of aromatic nitrogens is 7. The highest BCUT2D eigenvalue weighted by molar-refractivity contribution is 6.12. The van der Waals surface area contributed by atoms with E-state index in [1.807, 2.05) is 6.07 Å². The fourth-order valence-corrected chi connectivity index (χ4v) is 13.9. The topological polar surface area (TPSA) is 69.6 Å². The van der Waals surface area contributed by atoms with Gasteiger partial charge in [-0.1, -0.05) is 205 Å². The minimum Gasteiger partial charge on any atom is -0.505 e. The standard InChI is InChI=1S/C82H63N7O/c1-81(2,3)58-36-42-68-64(48-58)65-49-59(82(4,5)6)37-43-69(65)87(68)77-63(57-33-39-67-73(47-57)89-75-45-55(52-24-14-8-15-25-52)35-41-71(75)86(80(89)84-67)61-30-20-11-21-31-61)50-62(76(78(77)90)53-26-16-9-17-27-53)56-32-38-66-72(46-56)88-74-44-54(51-22-12-7-13-23-51)34-40-70(74)85(79(88)83-66)60-28-18-10-19-29-60/h7-50,90H,1-6H3. The van der Waals surface area contributed by atoms with E-state index in [0.29, 0.717) is 5.69 Å². The largest absolute Gasteiger partial charge is 0.505 e. The minimum absolute atomic E-state index is 0.111. The number of rotatable bonds is 8. The van der Waals surface area contributed by atoms with Crippen molar-refractivity contribution in [1.29, 1.82) is 0 Å². The van der Waals surface area contributed by atoms with Crippen LogP contribution < -0.4 is 0 Å². The lowest BCUT2D eigenvalue weighted by Crippen LogP contribution is -2.10. The maximum atomic E-state index is 14.2. The lowest BCUT2D eigenvalue weighted by atomic mass is 9.85. The van der Waals surface area contributed by atoms with Crippen LogP contribution in [0.1, 0.15) is 52.7 Å². The van der Waals surface area contributed by atoms with Gasteiger partial charge in [-0.15, -0.1) is 0 Å². The van der Waals surface area contributed by atoms with Gasteiger partial charge in [-0.3, -0.25) is 17.9 Å². The number of phenolic OH excluding ortho intramolecular Hbond substituents is 1. The van der Waals surface area contributed by atoms with Gasteiger partial charge in [-0.05, 0) is 170 Å². The molecule has 5 aromatic heterocycles. The summed E-state index contributed by atoms with van der Waals surface area (Å²) in [5.41, 5.74) is 24.6. The number of phenols is 1. The molecule has 5 heterocycles. The van der Waals surface area contributed by atoms with Gasteiger partial charge < -0.3 is 9.67 Å². The maximum Gasteiger partial charge on any atom is 0.220 e. The van der Waals surface area contributed by atoms with Crippen LogP contribution in [0.3, 0.4) is 0 Å². The Bertz CT molecular complexity index is 5650. The zero-order valence-corrected chi connectivity index (χ0v) is 51.0. The molecule has 0 radical (unpaired) electrons. The van der Waals surface area contributed by atoms with Crippen molar-refractivity contribution in [3.05, 3.63) is 278 Å². The van der Waals surface area contributed by atoms with Crippen molar-refractivity contribution in [3.8, 4) is 78.4 Å². The molecule has 12 aromatic carbocycles. The van der Waals surface area contributed by atoms with Crippen LogP contribution in [0.15, 0.2) is 267 Å². The molecule has 17 rings (SSSR count). The number of aromatic hydroxyl groups is 1. The number of fused-ring (bicyclic) bond motifs is 13. The predicted molar refractivity (Wildman–Crippen MR) is 373 cm³/mol. The lowest BCUT2D eigenvalue weighted by molar-refractivity contribution is 0.475. The van der Waals surface area contributed by atoms with Gasteiger partial charge in [0.15, 0.2) is 0 Å². The quantitative estimate of drug-likeness (QED) is 0.165. The van der Waals surface area contributed by atoms with Crippen LogP contribution in [-0.4, -0.2) is 37.6 Å². The van der Waals surface area contributed by atoms with Crippen LogP contribution in [0.5, 0.6) is 5.75 Å². The Balaban J connectivity index is 0.992. The maximum absolute atomic E-state index is 14.2. The second-order valence-electron chi connectivity index (χ2n) is 26.1. The number of para-hydroxylation sites is 2. The van der Waals surface area contributed by atoms with Gasteiger partial charge in [0.05, 0.1) is 60.9 Å². The molecule has 1 N–H and O–H groups in total. The highest BCUT2D eigenvalue weighted by atomic mass is 16.3. The van der Waals surface area contributed by atoms with Crippen molar-refractivity contribution in [2.45, 2.75) is 52.4 Å². The van der Waals surface area contributed by atoms with E-state index in [-0.39, 0.29) is 16.6 Å². The molecule has 0 amide bonds. The van der Waals surface area contributed by atoms with Gasteiger partial charge in [0.1, 0.15) is 5.75 Å². The molecule has 0 bridgehead atoms. The molecule has 0 atom stereocenters. The highest BCUT2D eigenvalue weighted by Gasteiger charge is 2.29. The molecular weight excluding hydrogens is 1100 g/mol. The van der Waals surface area contributed by atoms with Crippen LogP contribution in [-0.2, 0) is 10.8 Å². The van der Waals surface area contributed by atoms with Crippen LogP contribution in [0.4, 0.5) is 0 Å². The number of hydrogen-bond donors (Lipinski definition) is 1. The van der Waals surface area contributed by atoms with Gasteiger partial charge in [0.2, 0.25) is 11.6 Å². The number of nitrogens with zero attached hydrogens (tertiary/aromatic N) is 7. The zero-order valence-electron chi connectivity index (χ0n) is 51.0. The highest BCUT2D eigenvalue weighted by Crippen LogP contribution is 2.51. The zero-order chi connectivity index (χ0) is 60.7. The summed E-state index contributed by atoms with van der Waals surface area (Å²) in [7, 11) is 0. The summed E-state index contributed by atoms with van der Waals surface area (Å²) in [6.07, 6.45) is 0. The molecule has 0 aliphatic rings. The van der Waals surface area contributed by atoms with E-state index >= 15 is 0 Å². The van der Waals surface area contributed by atoms with E-state index in [4.69, 9.17) is 9.97 Å². The first-order valence-electron chi connectivity index (χ1n) is 31.0. The van der Waals surface area contributed by atoms with Crippen LogP contribution in [0, 0.1) is 0 Å². The summed E-state index contributed by atoms with van der Waals surface area (Å²) < 4.78 is 11.5. The first-order chi connectivity index (χ1) is 43.8. The van der Waals surface area contributed by atoms with Crippen LogP contribution in [0.2, 0.25) is 0 Å². The normalized spacial score (nSPS) is 12.4. The summed E-state index contributed by atoms with van der Waals surface area (Å²) in [4.78, 5) is 10.9. The molecule has 0 saturated carbocycles. The molecule has 0 aliphatic carbocycles. The predicted octanol–water partition coefficient (Wildman–Crippen LogP) is 20.9. The number of benzene rings is 12. The van der Waals surface area contributed by atoms with Crippen LogP contribution >= 0.6 is 0 Å². The van der Waals surface area contributed by atoms with E-state index in [0.717, 1.165) is 145 Å². The van der Waals surface area contributed by atoms with E-state index in [2.05, 4.69) is 325 Å². The molecule has 0 saturated heterocycles. The Hall–Kier alpha value is -11.2. The molecule has 0 spiro atoms. The van der Waals surface area contributed by atoms with Crippen molar-refractivity contribution in [2.24, 2.45) is 0 Å². The first-order valence-corrected chi connectivity index (χ1v) is 31.0. The molecule has 8 nitrogen and oxygen atoms in total. The number of imidazole rings is 4. The van der Waals surface area contributed by atoms with Gasteiger partial charge in [0, 0.05) is 33.3 Å². The summed E-state index contributed by atoms with van der Waals surface area (Å²) in [6, 6.07) is 95.5. The van der Waals surface area contributed by atoms with E-state index in [1.165, 1.54) is 11.1 Å². The van der Waals surface area contributed by atoms with Gasteiger partial charge >= 0.3 is 0 Å². The van der Waals surface area contributed by atoms with Gasteiger partial charge in [-0.25, -0.2) is 9.97 Å². The Labute approximate surface area is 521 Å². The Kier molecular flexibility index (Phi) is 11.7. The molecule has 0 aliphatic heterocycles. The molecule has 17 aromatic rings. The summed E-state index contributed by atoms with van der Waals surface area (Å²) >= 11 is 0. The second kappa shape index (κ2) is 19.9. The molecular formula is C82H63N7O. The third-order valence-corrected chi connectivity index (χ3v) is 18.5. The average Bonchev–Trinajstić information content (AvgIpc) is 1.55. The Morgan fingerprint density at radius 3 is 1.11 bits per heavy atom. The Morgan fingerprint density at radius 1 is 0.300 bits per heavy atom. The molecule has 90 heavy (non-hydrogen) atoms. The molecule has 432 valence electrons. The fraction of sp³-hybridized carbons (Fsp3) is 0.0976. The third-order valence-electron chi connectivity index (χ3n) is 18.5. The van der Waals surface area contributed by atoms with Gasteiger partial charge in [0.25, 0.3) is 0 Å². The molecule has 0 unspecified atom stereocenters. The SMILES string of the molecule is CC(C)(C)c1ccc2c(c1)c1cc(C(C)(C)C)ccc1n2-c1c(-c2ccc3nc4n(-c5ccccc5)c5ccc(-c6ccccc6)cc5n4c3c2)cc(-c2ccc3nc4n(-c5ccccc5)c5ccc(-c6ccccc6)cc5n4c3c2)c(-c2ccccc2)c1O. The lowest BCUT2D eigenvalue weighted by Gasteiger charge is -2.23. The van der Waals surface area contributed by atoms with Crippen molar-refractivity contribution in [3.63, 3.8) is 0 Å². The van der Waals surface area contributed by atoms with Crippen molar-refractivity contribution in [2.75, 3.05) is 0 Å². The molecule has 0 fully saturated rings. The van der Waals surface area contributed by atoms with E-state index in [1.54, 1.807) is 0 Å². The van der Waals surface area contributed by atoms with E-state index < -0.39 is 0 Å². The summed E-state index contributed by atoms with van der Waals surface area (Å²) in [6.45, 7) is 13.7. The Morgan fingerprint density at radius 2 is 0.678 bits per heavy atom. The number of hydrogen-bond acceptors (Lipinski definition) is 3. The van der Waals surface area contributed by atoms with Gasteiger partial charge in [-0.2, -0.15) is 0 Å². The fourth-order valence-electron chi connectivity index (χ4n) is 13.9. The van der Waals surface area contributed by atoms with E-state index in [9.17, 15) is 5.11 Å². The van der Waals surface area contributed by atoms with Crippen molar-refractivity contribution in [1.82, 2.24) is 32.5 Å². The second-order valence-corrected chi connectivity index (χ2v) is 26.1. The first kappa shape index (κ1) is 53.1. The third kappa shape index (κ3) is 8.28. The van der Waals surface area contributed by atoms with Crippen LogP contribution in [0.25, 0.3) is 150 Å². The monoisotopic (exact) mass is 1160 g/mol. The smallest absolute Gasteiger partial charge is 0.220 e. The van der Waals surface area contributed by atoms with Crippen molar-refractivity contribution < 1.29 is 5.11 Å². The van der Waals surface area contributed by atoms with Crippen molar-refractivity contribution >= 4 is 77.5 Å². The minimum atomic E-state index is -0.111. The summed E-state index contributed by atoms with van der Waals surface area (Å²) in [5.74, 6) is 1.80.